The largest absolute Gasteiger partial charge is 0.376 e. The highest BCUT2D eigenvalue weighted by Crippen LogP contribution is 2.19. The van der Waals surface area contributed by atoms with Gasteiger partial charge in [0.25, 0.3) is 0 Å². The average molecular weight is 280 g/mol. The van der Waals surface area contributed by atoms with Gasteiger partial charge in [-0.1, -0.05) is 25.1 Å². The molecule has 1 aliphatic heterocycles. The van der Waals surface area contributed by atoms with Crippen LogP contribution in [0.25, 0.3) is 0 Å². The summed E-state index contributed by atoms with van der Waals surface area (Å²) >= 11 is 0. The van der Waals surface area contributed by atoms with Gasteiger partial charge in [-0.05, 0) is 26.0 Å². The molecule has 20 heavy (non-hydrogen) atoms. The molecule has 3 nitrogen and oxygen atoms in total. The molecule has 2 rings (SSSR count). The first-order valence-corrected chi connectivity index (χ1v) is 7.52. The number of hydrogen-bond acceptors (Lipinski definition) is 3. The van der Waals surface area contributed by atoms with Gasteiger partial charge in [0.15, 0.2) is 0 Å². The van der Waals surface area contributed by atoms with Crippen LogP contribution >= 0.6 is 0 Å². The van der Waals surface area contributed by atoms with Gasteiger partial charge in [0.05, 0.1) is 12.7 Å². The van der Waals surface area contributed by atoms with E-state index in [0.29, 0.717) is 0 Å². The highest BCUT2D eigenvalue weighted by atomic mass is 19.1. The first kappa shape index (κ1) is 15.4. The lowest BCUT2D eigenvalue weighted by molar-refractivity contribution is -0.0211. The summed E-state index contributed by atoms with van der Waals surface area (Å²) in [6.45, 7) is 8.54. The van der Waals surface area contributed by atoms with Crippen LogP contribution in [0.2, 0.25) is 0 Å². The minimum atomic E-state index is -0.123. The predicted molar refractivity (Wildman–Crippen MR) is 79.3 cm³/mol. The van der Waals surface area contributed by atoms with Crippen molar-refractivity contribution in [1.29, 1.82) is 0 Å². The number of hydrogen-bond donors (Lipinski definition) is 1. The van der Waals surface area contributed by atoms with Crippen molar-refractivity contribution in [2.24, 2.45) is 0 Å². The second-order valence-electron chi connectivity index (χ2n) is 5.47. The van der Waals surface area contributed by atoms with Gasteiger partial charge in [0.2, 0.25) is 0 Å². The quantitative estimate of drug-likeness (QED) is 0.867. The number of rotatable bonds is 6. The fraction of sp³-hybridized carbons (Fsp3) is 0.625. The third kappa shape index (κ3) is 4.27. The minimum absolute atomic E-state index is 0.0430. The van der Waals surface area contributed by atoms with Crippen LogP contribution in [0.4, 0.5) is 4.39 Å². The molecule has 1 saturated heterocycles. The van der Waals surface area contributed by atoms with Crippen molar-refractivity contribution in [2.45, 2.75) is 32.4 Å². The van der Waals surface area contributed by atoms with E-state index >= 15 is 0 Å². The Labute approximate surface area is 121 Å². The summed E-state index contributed by atoms with van der Waals surface area (Å²) in [5.41, 5.74) is 0.764. The molecule has 2 unspecified atom stereocenters. The average Bonchev–Trinajstić information content (AvgIpc) is 2.44. The molecule has 0 bridgehead atoms. The molecule has 0 radical (unpaired) electrons. The highest BCUT2D eigenvalue weighted by molar-refractivity contribution is 5.21. The zero-order chi connectivity index (χ0) is 14.4. The van der Waals surface area contributed by atoms with Crippen molar-refractivity contribution in [3.05, 3.63) is 35.6 Å². The molecule has 4 heteroatoms. The van der Waals surface area contributed by atoms with Crippen LogP contribution in [0.1, 0.15) is 31.9 Å². The smallest absolute Gasteiger partial charge is 0.128 e. The summed E-state index contributed by atoms with van der Waals surface area (Å²) in [5.74, 6) is -0.123. The van der Waals surface area contributed by atoms with Crippen LogP contribution in [0, 0.1) is 5.82 Å². The third-order valence-corrected chi connectivity index (χ3v) is 3.69. The van der Waals surface area contributed by atoms with E-state index in [4.69, 9.17) is 4.74 Å². The summed E-state index contributed by atoms with van der Waals surface area (Å²) in [6.07, 6.45) is 1.31. The predicted octanol–water partition coefficient (Wildman–Crippen LogP) is 2.59. The Bertz CT molecular complexity index is 413. The number of nitrogens with zero attached hydrogens (tertiary/aromatic N) is 1. The van der Waals surface area contributed by atoms with Crippen molar-refractivity contribution in [2.75, 3.05) is 32.8 Å². The maximum Gasteiger partial charge on any atom is 0.128 e. The zero-order valence-corrected chi connectivity index (χ0v) is 12.4. The van der Waals surface area contributed by atoms with Gasteiger partial charge in [-0.25, -0.2) is 4.39 Å². The maximum atomic E-state index is 14.0. The van der Waals surface area contributed by atoms with Crippen molar-refractivity contribution in [1.82, 2.24) is 10.2 Å². The van der Waals surface area contributed by atoms with Gasteiger partial charge < -0.3 is 10.1 Å². The highest BCUT2D eigenvalue weighted by Gasteiger charge is 2.22. The van der Waals surface area contributed by atoms with Crippen LogP contribution < -0.4 is 5.32 Å². The van der Waals surface area contributed by atoms with Crippen LogP contribution in [0.3, 0.4) is 0 Å². The summed E-state index contributed by atoms with van der Waals surface area (Å²) in [7, 11) is 0. The molecule has 1 aliphatic rings. The molecule has 0 aliphatic carbocycles. The Morgan fingerprint density at radius 3 is 2.95 bits per heavy atom. The van der Waals surface area contributed by atoms with Crippen LogP contribution in [0.5, 0.6) is 0 Å². The van der Waals surface area contributed by atoms with Crippen molar-refractivity contribution in [3.8, 4) is 0 Å². The fourth-order valence-corrected chi connectivity index (χ4v) is 2.66. The van der Waals surface area contributed by atoms with E-state index < -0.39 is 0 Å². The Kier molecular flexibility index (Phi) is 5.95. The van der Waals surface area contributed by atoms with E-state index in [1.54, 1.807) is 6.07 Å². The van der Waals surface area contributed by atoms with Crippen molar-refractivity contribution in [3.63, 3.8) is 0 Å². The molecule has 1 aromatic rings. The molecular weight excluding hydrogens is 255 g/mol. The standard InChI is InChI=1S/C16H25FN2O/c1-3-8-18-16(14-6-4-5-7-15(14)17)12-19-9-10-20-13(2)11-19/h4-7,13,16,18H,3,8-12H2,1-2H3. The lowest BCUT2D eigenvalue weighted by Crippen LogP contribution is -2.45. The summed E-state index contributed by atoms with van der Waals surface area (Å²) in [4.78, 5) is 2.36. The van der Waals surface area contributed by atoms with E-state index in [0.717, 1.165) is 44.8 Å². The molecule has 0 aromatic heterocycles. The molecule has 1 heterocycles. The summed E-state index contributed by atoms with van der Waals surface area (Å²) in [6, 6.07) is 7.11. The lowest BCUT2D eigenvalue weighted by Gasteiger charge is -2.34. The van der Waals surface area contributed by atoms with Gasteiger partial charge in [-0.15, -0.1) is 0 Å². The van der Waals surface area contributed by atoms with Crippen LogP contribution in [0.15, 0.2) is 24.3 Å². The van der Waals surface area contributed by atoms with Gasteiger partial charge in [0, 0.05) is 31.2 Å². The Morgan fingerprint density at radius 2 is 2.25 bits per heavy atom. The van der Waals surface area contributed by atoms with Gasteiger partial charge in [-0.3, -0.25) is 4.90 Å². The Morgan fingerprint density at radius 1 is 1.45 bits per heavy atom. The van der Waals surface area contributed by atoms with E-state index in [2.05, 4.69) is 24.1 Å². The van der Waals surface area contributed by atoms with Crippen molar-refractivity contribution >= 4 is 0 Å². The van der Waals surface area contributed by atoms with E-state index in [-0.39, 0.29) is 18.0 Å². The molecule has 112 valence electrons. The number of ether oxygens (including phenoxy) is 1. The Hall–Kier alpha value is -0.970. The van der Waals surface area contributed by atoms with Gasteiger partial charge >= 0.3 is 0 Å². The molecule has 1 fully saturated rings. The zero-order valence-electron chi connectivity index (χ0n) is 12.4. The van der Waals surface area contributed by atoms with Crippen molar-refractivity contribution < 1.29 is 9.13 Å². The molecule has 1 N–H and O–H groups in total. The number of benzene rings is 1. The molecule has 0 spiro atoms. The molecule has 2 atom stereocenters. The number of halogens is 1. The second kappa shape index (κ2) is 7.72. The summed E-state index contributed by atoms with van der Waals surface area (Å²) in [5, 5.41) is 3.47. The SMILES string of the molecule is CCCNC(CN1CCOC(C)C1)c1ccccc1F. The monoisotopic (exact) mass is 280 g/mol. The molecule has 1 aromatic carbocycles. The lowest BCUT2D eigenvalue weighted by atomic mass is 10.0. The Balaban J connectivity index is 2.05. The first-order valence-electron chi connectivity index (χ1n) is 7.52. The van der Waals surface area contributed by atoms with E-state index in [1.165, 1.54) is 6.07 Å². The fourth-order valence-electron chi connectivity index (χ4n) is 2.66. The second-order valence-corrected chi connectivity index (χ2v) is 5.47. The maximum absolute atomic E-state index is 14.0. The topological polar surface area (TPSA) is 24.5 Å². The van der Waals surface area contributed by atoms with Crippen LogP contribution in [-0.4, -0.2) is 43.8 Å². The molecule has 0 saturated carbocycles. The van der Waals surface area contributed by atoms with E-state index in [1.807, 2.05) is 12.1 Å². The van der Waals surface area contributed by atoms with Crippen LogP contribution in [-0.2, 0) is 4.74 Å². The number of morpholine rings is 1. The summed E-state index contributed by atoms with van der Waals surface area (Å²) < 4.78 is 19.6. The number of nitrogens with one attached hydrogen (secondary N) is 1. The third-order valence-electron chi connectivity index (χ3n) is 3.69. The molecule has 0 amide bonds. The van der Waals surface area contributed by atoms with E-state index in [9.17, 15) is 4.39 Å². The van der Waals surface area contributed by atoms with Gasteiger partial charge in [0.1, 0.15) is 5.82 Å². The normalized spacial score (nSPS) is 21.9. The van der Waals surface area contributed by atoms with Gasteiger partial charge in [-0.2, -0.15) is 0 Å². The molecular formula is C16H25FN2O. The minimum Gasteiger partial charge on any atom is -0.376 e. The first-order chi connectivity index (χ1) is 9.70.